The Labute approximate surface area is 215 Å². The molecule has 4 rings (SSSR count). The molecule has 1 fully saturated rings. The van der Waals surface area contributed by atoms with Crippen molar-refractivity contribution < 1.29 is 22.7 Å². The fourth-order valence-electron chi connectivity index (χ4n) is 4.69. The van der Waals surface area contributed by atoms with Crippen molar-refractivity contribution in [1.29, 1.82) is 0 Å². The number of pyridine rings is 1. The van der Waals surface area contributed by atoms with Crippen LogP contribution in [0.15, 0.2) is 41.2 Å². The van der Waals surface area contributed by atoms with E-state index < -0.39 is 29.6 Å². The summed E-state index contributed by atoms with van der Waals surface area (Å²) in [5.74, 6) is 0.346. The van der Waals surface area contributed by atoms with Crippen LogP contribution in [0.25, 0.3) is 11.0 Å². The Morgan fingerprint density at radius 2 is 1.86 bits per heavy atom. The lowest BCUT2D eigenvalue weighted by molar-refractivity contribution is -0.137. The number of primary amides is 1. The minimum atomic E-state index is -4.43. The van der Waals surface area contributed by atoms with Crippen molar-refractivity contribution in [3.8, 4) is 0 Å². The lowest BCUT2D eigenvalue weighted by Gasteiger charge is -2.48. The number of anilines is 1. The van der Waals surface area contributed by atoms with Gasteiger partial charge in [0.25, 0.3) is 0 Å². The highest BCUT2D eigenvalue weighted by Gasteiger charge is 2.37. The third-order valence-electron chi connectivity index (χ3n) is 6.69. The zero-order valence-corrected chi connectivity index (χ0v) is 21.1. The normalized spacial score (nSPS) is 19.7. The molecule has 198 valence electrons. The van der Waals surface area contributed by atoms with E-state index in [2.05, 4.69) is 9.97 Å². The van der Waals surface area contributed by atoms with Gasteiger partial charge in [0.1, 0.15) is 17.3 Å². The molecule has 1 aromatic carbocycles. The molecule has 37 heavy (non-hydrogen) atoms. The maximum absolute atomic E-state index is 13.0. The van der Waals surface area contributed by atoms with Crippen LogP contribution < -0.4 is 16.3 Å². The zero-order valence-electron chi connectivity index (χ0n) is 20.4. The van der Waals surface area contributed by atoms with E-state index in [0.29, 0.717) is 29.0 Å². The first-order valence-electron chi connectivity index (χ1n) is 11.5. The number of benzene rings is 1. The van der Waals surface area contributed by atoms with Crippen LogP contribution in [0.3, 0.4) is 0 Å². The lowest BCUT2D eigenvalue weighted by Crippen LogP contribution is -2.60. The number of ether oxygens (including phenoxy) is 1. The number of alkyl halides is 3. The molecule has 1 aliphatic rings. The van der Waals surface area contributed by atoms with Crippen molar-refractivity contribution in [2.75, 3.05) is 24.6 Å². The Kier molecular flexibility index (Phi) is 7.33. The van der Waals surface area contributed by atoms with E-state index in [-0.39, 0.29) is 30.4 Å². The number of nitrogens with zero attached hydrogens (tertiary/aromatic N) is 5. The Hall–Kier alpha value is -3.38. The number of piperazine rings is 1. The Bertz CT molecular complexity index is 1360. The molecule has 3 aromatic rings. The molecule has 0 radical (unpaired) electrons. The maximum Gasteiger partial charge on any atom is 0.416 e. The predicted molar refractivity (Wildman–Crippen MR) is 132 cm³/mol. The summed E-state index contributed by atoms with van der Waals surface area (Å²) < 4.78 is 45.6. The first-order chi connectivity index (χ1) is 17.4. The molecule has 3 atom stereocenters. The van der Waals surface area contributed by atoms with Crippen molar-refractivity contribution in [1.82, 2.24) is 19.4 Å². The van der Waals surface area contributed by atoms with Gasteiger partial charge in [-0.15, -0.1) is 0 Å². The summed E-state index contributed by atoms with van der Waals surface area (Å²) in [7, 11) is 1.59. The van der Waals surface area contributed by atoms with Gasteiger partial charge in [-0.25, -0.2) is 14.6 Å². The standard InChI is InChI=1S/C24H26ClF3N6O3/c1-13-10-34(14(2)15-4-6-16(7-5-15)24(26,27)28)17(12-37-22(29)35)11-33(13)21-20-18(8-9-19(25)30-20)32(3)23(36)31-21/h4-9,13-14,17H,10-12H2,1-3H3,(H2,29,35)/t13-,14?,17+/m0/s1. The van der Waals surface area contributed by atoms with Gasteiger partial charge in [-0.1, -0.05) is 23.7 Å². The smallest absolute Gasteiger partial charge is 0.416 e. The van der Waals surface area contributed by atoms with E-state index in [1.165, 1.54) is 16.7 Å². The van der Waals surface area contributed by atoms with Crippen molar-refractivity contribution in [3.05, 3.63) is 63.2 Å². The van der Waals surface area contributed by atoms with E-state index in [1.54, 1.807) is 19.2 Å². The van der Waals surface area contributed by atoms with Gasteiger partial charge in [-0.3, -0.25) is 9.47 Å². The SMILES string of the molecule is CC(c1ccc(C(F)(F)F)cc1)N1C[C@H](C)N(c2nc(=O)n(C)c3ccc(Cl)nc23)C[C@@H]1COC(N)=O. The summed E-state index contributed by atoms with van der Waals surface area (Å²) in [6.07, 6.45) is -5.38. The van der Waals surface area contributed by atoms with Crippen LogP contribution in [-0.2, 0) is 18.0 Å². The third kappa shape index (κ3) is 5.49. The molecule has 0 bridgehead atoms. The molecule has 0 saturated carbocycles. The van der Waals surface area contributed by atoms with E-state index in [9.17, 15) is 22.8 Å². The molecule has 2 N–H and O–H groups in total. The van der Waals surface area contributed by atoms with E-state index >= 15 is 0 Å². The Balaban J connectivity index is 1.70. The van der Waals surface area contributed by atoms with Gasteiger partial charge >= 0.3 is 18.0 Å². The van der Waals surface area contributed by atoms with Crippen LogP contribution in [0.5, 0.6) is 0 Å². The molecule has 13 heteroatoms. The van der Waals surface area contributed by atoms with Crippen molar-refractivity contribution >= 4 is 34.5 Å². The summed E-state index contributed by atoms with van der Waals surface area (Å²) in [5.41, 5.74) is 5.69. The second-order valence-electron chi connectivity index (χ2n) is 9.06. The molecule has 9 nitrogen and oxygen atoms in total. The van der Waals surface area contributed by atoms with E-state index in [4.69, 9.17) is 22.1 Å². The molecule has 1 amide bonds. The number of amides is 1. The number of carbonyl (C=O) groups is 1. The third-order valence-corrected chi connectivity index (χ3v) is 6.90. The number of nitrogens with two attached hydrogens (primary N) is 1. The molecule has 0 aliphatic carbocycles. The quantitative estimate of drug-likeness (QED) is 0.493. The van der Waals surface area contributed by atoms with Crippen molar-refractivity contribution in [3.63, 3.8) is 0 Å². The number of fused-ring (bicyclic) bond motifs is 1. The summed E-state index contributed by atoms with van der Waals surface area (Å²) in [4.78, 5) is 36.6. The fraction of sp³-hybridized carbons (Fsp3) is 0.417. The first-order valence-corrected chi connectivity index (χ1v) is 11.9. The number of hydrogen-bond donors (Lipinski definition) is 1. The fourth-order valence-corrected chi connectivity index (χ4v) is 4.84. The molecular formula is C24H26ClF3N6O3. The number of halogens is 4. The second-order valence-corrected chi connectivity index (χ2v) is 9.44. The van der Waals surface area contributed by atoms with E-state index in [1.807, 2.05) is 23.6 Å². The summed E-state index contributed by atoms with van der Waals surface area (Å²) in [6.45, 7) is 4.44. The summed E-state index contributed by atoms with van der Waals surface area (Å²) >= 11 is 6.15. The summed E-state index contributed by atoms with van der Waals surface area (Å²) in [5, 5.41) is 0.241. The maximum atomic E-state index is 13.0. The zero-order chi connectivity index (χ0) is 27.1. The highest BCUT2D eigenvalue weighted by molar-refractivity contribution is 6.29. The van der Waals surface area contributed by atoms with Gasteiger partial charge in [0.2, 0.25) is 0 Å². The number of aromatic nitrogens is 3. The number of hydrogen-bond acceptors (Lipinski definition) is 7. The number of aryl methyl sites for hydroxylation is 1. The Morgan fingerprint density at radius 1 is 1.19 bits per heavy atom. The van der Waals surface area contributed by atoms with Gasteiger partial charge in [-0.2, -0.15) is 18.2 Å². The second kappa shape index (κ2) is 10.2. The van der Waals surface area contributed by atoms with Gasteiger partial charge in [-0.05, 0) is 43.7 Å². The number of carbonyl (C=O) groups excluding carboxylic acids is 1. The average Bonchev–Trinajstić information content (AvgIpc) is 2.84. The topological polar surface area (TPSA) is 107 Å². The van der Waals surface area contributed by atoms with Gasteiger partial charge in [0.15, 0.2) is 5.82 Å². The monoisotopic (exact) mass is 538 g/mol. The van der Waals surface area contributed by atoms with Gasteiger partial charge in [0, 0.05) is 32.2 Å². The molecule has 0 spiro atoms. The molecule has 1 aliphatic heterocycles. The molecule has 1 unspecified atom stereocenters. The average molecular weight is 539 g/mol. The van der Waals surface area contributed by atoms with E-state index in [0.717, 1.165) is 12.1 Å². The summed E-state index contributed by atoms with van der Waals surface area (Å²) in [6, 6.07) is 7.34. The molecule has 3 heterocycles. The van der Waals surface area contributed by atoms with Crippen molar-refractivity contribution in [2.24, 2.45) is 12.8 Å². The highest BCUT2D eigenvalue weighted by atomic mass is 35.5. The minimum absolute atomic E-state index is 0.0690. The first kappa shape index (κ1) is 26.7. The van der Waals surface area contributed by atoms with Crippen LogP contribution in [-0.4, -0.2) is 57.3 Å². The number of rotatable bonds is 5. The van der Waals surface area contributed by atoms with Crippen LogP contribution in [0.4, 0.5) is 23.8 Å². The van der Waals surface area contributed by atoms with Crippen LogP contribution in [0.2, 0.25) is 5.15 Å². The Morgan fingerprint density at radius 3 is 2.49 bits per heavy atom. The molecular weight excluding hydrogens is 513 g/mol. The van der Waals surface area contributed by atoms with Crippen molar-refractivity contribution in [2.45, 2.75) is 38.1 Å². The highest BCUT2D eigenvalue weighted by Crippen LogP contribution is 2.34. The molecule has 2 aromatic heterocycles. The lowest BCUT2D eigenvalue weighted by atomic mass is 9.99. The van der Waals surface area contributed by atoms with Crippen LogP contribution in [0, 0.1) is 0 Å². The predicted octanol–water partition coefficient (Wildman–Crippen LogP) is 3.74. The van der Waals surface area contributed by atoms with Gasteiger partial charge < -0.3 is 15.4 Å². The molecule has 1 saturated heterocycles. The largest absolute Gasteiger partial charge is 0.448 e. The van der Waals surface area contributed by atoms with Crippen LogP contribution in [0.1, 0.15) is 31.0 Å². The van der Waals surface area contributed by atoms with Crippen LogP contribution >= 0.6 is 11.6 Å². The van der Waals surface area contributed by atoms with Gasteiger partial charge in [0.05, 0.1) is 17.1 Å². The minimum Gasteiger partial charge on any atom is -0.448 e.